The molecule has 0 amide bonds. The Hall–Kier alpha value is -2.98. The van der Waals surface area contributed by atoms with Crippen LogP contribution in [0.5, 0.6) is 5.75 Å². The van der Waals surface area contributed by atoms with E-state index in [0.29, 0.717) is 16.6 Å². The van der Waals surface area contributed by atoms with E-state index in [4.69, 9.17) is 19.0 Å². The number of fused-ring (bicyclic) bond motifs is 2. The van der Waals surface area contributed by atoms with Crippen LogP contribution in [0, 0.1) is 0 Å². The van der Waals surface area contributed by atoms with Crippen molar-refractivity contribution < 1.29 is 39.1 Å². The summed E-state index contributed by atoms with van der Waals surface area (Å²) >= 11 is 0. The summed E-state index contributed by atoms with van der Waals surface area (Å²) in [5.74, 6) is -1.43. The van der Waals surface area contributed by atoms with Crippen LogP contribution >= 0.6 is 0 Å². The van der Waals surface area contributed by atoms with E-state index in [-0.39, 0.29) is 16.6 Å². The summed E-state index contributed by atoms with van der Waals surface area (Å²) in [4.78, 5) is 23.9. The molecule has 5 atom stereocenters. The van der Waals surface area contributed by atoms with E-state index in [1.165, 1.54) is 18.2 Å². The maximum Gasteiger partial charge on any atom is 0.335 e. The van der Waals surface area contributed by atoms with Crippen molar-refractivity contribution >= 4 is 27.9 Å². The Morgan fingerprint density at radius 3 is 2.39 bits per heavy atom. The number of aliphatic hydroxyl groups is 3. The Morgan fingerprint density at radius 1 is 0.929 bits per heavy atom. The first-order valence-corrected chi connectivity index (χ1v) is 8.41. The lowest BCUT2D eigenvalue weighted by Crippen LogP contribution is -2.61. The fourth-order valence-corrected chi connectivity index (χ4v) is 3.14. The van der Waals surface area contributed by atoms with Gasteiger partial charge in [0.1, 0.15) is 35.2 Å². The molecule has 1 aliphatic rings. The van der Waals surface area contributed by atoms with Gasteiger partial charge >= 0.3 is 5.97 Å². The van der Waals surface area contributed by atoms with E-state index < -0.39 is 36.7 Å². The monoisotopic (exact) mass is 388 g/mol. The first-order valence-electron chi connectivity index (χ1n) is 8.41. The predicted molar refractivity (Wildman–Crippen MR) is 94.9 cm³/mol. The number of carbonyl (C=O) groups is 1. The molecule has 4 rings (SSSR count). The van der Waals surface area contributed by atoms with Crippen LogP contribution in [0.4, 0.5) is 0 Å². The molecule has 2 aromatic carbocycles. The molecule has 9 nitrogen and oxygen atoms in total. The second-order valence-electron chi connectivity index (χ2n) is 6.44. The van der Waals surface area contributed by atoms with Gasteiger partial charge < -0.3 is 34.3 Å². The minimum Gasteiger partial charge on any atom is -0.479 e. The number of para-hydroxylation sites is 1. The molecule has 28 heavy (non-hydrogen) atoms. The van der Waals surface area contributed by atoms with E-state index >= 15 is 0 Å². The van der Waals surface area contributed by atoms with E-state index in [1.807, 2.05) is 0 Å². The van der Waals surface area contributed by atoms with Crippen LogP contribution in [0.25, 0.3) is 21.9 Å². The Labute approximate surface area is 157 Å². The highest BCUT2D eigenvalue weighted by molar-refractivity contribution is 5.90. The van der Waals surface area contributed by atoms with Crippen LogP contribution in [0.3, 0.4) is 0 Å². The smallest absolute Gasteiger partial charge is 0.335 e. The van der Waals surface area contributed by atoms with Crippen LogP contribution in [-0.2, 0) is 9.53 Å². The number of rotatable bonds is 3. The molecule has 0 saturated carbocycles. The van der Waals surface area contributed by atoms with Gasteiger partial charge in [-0.05, 0) is 30.3 Å². The van der Waals surface area contributed by atoms with E-state index in [0.717, 1.165) is 0 Å². The Balaban J connectivity index is 1.69. The van der Waals surface area contributed by atoms with Crippen LogP contribution < -0.4 is 10.2 Å². The molecule has 1 fully saturated rings. The molecular weight excluding hydrogens is 372 g/mol. The van der Waals surface area contributed by atoms with E-state index in [9.17, 15) is 24.9 Å². The molecule has 4 N–H and O–H groups in total. The van der Waals surface area contributed by atoms with Gasteiger partial charge in [0, 0.05) is 0 Å². The summed E-state index contributed by atoms with van der Waals surface area (Å²) < 4.78 is 16.2. The van der Waals surface area contributed by atoms with Crippen molar-refractivity contribution in [2.45, 2.75) is 30.7 Å². The zero-order valence-electron chi connectivity index (χ0n) is 14.3. The number of carboxylic acids is 1. The topological polar surface area (TPSA) is 147 Å². The first kappa shape index (κ1) is 18.4. The second kappa shape index (κ2) is 6.88. The number of ether oxygens (including phenoxy) is 2. The molecule has 0 aliphatic carbocycles. The fraction of sp³-hybridized carbons (Fsp3) is 0.263. The third-order valence-corrected chi connectivity index (χ3v) is 4.61. The van der Waals surface area contributed by atoms with Gasteiger partial charge in [-0.3, -0.25) is 4.79 Å². The maximum atomic E-state index is 12.7. The lowest BCUT2D eigenvalue weighted by atomic mass is 9.99. The SMILES string of the molecule is O=C(O)[C@@H]1O[C@@H](Oc2ccc3oc4ccccc4c(=O)c3c2)[C@H](O)[C@H](O)[C@@H]1O. The molecule has 0 unspecified atom stereocenters. The Morgan fingerprint density at radius 2 is 1.64 bits per heavy atom. The van der Waals surface area contributed by atoms with Gasteiger partial charge in [0.15, 0.2) is 6.10 Å². The summed E-state index contributed by atoms with van der Waals surface area (Å²) in [5, 5.41) is 39.3. The molecule has 2 heterocycles. The minimum atomic E-state index is -1.82. The zero-order valence-corrected chi connectivity index (χ0v) is 14.3. The van der Waals surface area contributed by atoms with Gasteiger partial charge in [-0.15, -0.1) is 0 Å². The van der Waals surface area contributed by atoms with Crippen molar-refractivity contribution in [3.63, 3.8) is 0 Å². The molecule has 1 aromatic heterocycles. The number of carboxylic acid groups (broad SMARTS) is 1. The Kier molecular flexibility index (Phi) is 4.52. The van der Waals surface area contributed by atoms with Gasteiger partial charge in [0.25, 0.3) is 0 Å². The summed E-state index contributed by atoms with van der Waals surface area (Å²) in [7, 11) is 0. The molecule has 1 saturated heterocycles. The number of benzene rings is 2. The van der Waals surface area contributed by atoms with Crippen molar-refractivity contribution in [2.75, 3.05) is 0 Å². The Bertz CT molecular complexity index is 1110. The second-order valence-corrected chi connectivity index (χ2v) is 6.44. The fourth-order valence-electron chi connectivity index (χ4n) is 3.14. The lowest BCUT2D eigenvalue weighted by molar-refractivity contribution is -0.271. The van der Waals surface area contributed by atoms with Gasteiger partial charge in [-0.25, -0.2) is 4.79 Å². The van der Waals surface area contributed by atoms with Crippen molar-refractivity contribution in [2.24, 2.45) is 0 Å². The van der Waals surface area contributed by atoms with Gasteiger partial charge in [-0.1, -0.05) is 12.1 Å². The predicted octanol–water partition coefficient (Wildman–Crippen LogP) is 0.217. The largest absolute Gasteiger partial charge is 0.479 e. The van der Waals surface area contributed by atoms with Crippen molar-refractivity contribution in [3.05, 3.63) is 52.7 Å². The highest BCUT2D eigenvalue weighted by atomic mass is 16.7. The highest BCUT2D eigenvalue weighted by Crippen LogP contribution is 2.27. The van der Waals surface area contributed by atoms with Gasteiger partial charge in [-0.2, -0.15) is 0 Å². The first-order chi connectivity index (χ1) is 13.4. The van der Waals surface area contributed by atoms with E-state index in [1.54, 1.807) is 24.3 Å². The number of aliphatic hydroxyl groups excluding tert-OH is 3. The van der Waals surface area contributed by atoms with Crippen LogP contribution in [0.1, 0.15) is 0 Å². The number of hydrogen-bond donors (Lipinski definition) is 4. The van der Waals surface area contributed by atoms with Gasteiger partial charge in [0.05, 0.1) is 10.8 Å². The van der Waals surface area contributed by atoms with Gasteiger partial charge in [0.2, 0.25) is 11.7 Å². The third-order valence-electron chi connectivity index (χ3n) is 4.61. The summed E-state index contributed by atoms with van der Waals surface area (Å²) in [6.07, 6.45) is -8.65. The molecular formula is C19H16O9. The molecule has 0 bridgehead atoms. The normalized spacial score (nSPS) is 27.8. The number of hydrogen-bond acceptors (Lipinski definition) is 8. The summed E-state index contributed by atoms with van der Waals surface area (Å²) in [6, 6.07) is 11.1. The zero-order chi connectivity index (χ0) is 20.0. The summed E-state index contributed by atoms with van der Waals surface area (Å²) in [5.41, 5.74) is 0.465. The number of aliphatic carboxylic acids is 1. The summed E-state index contributed by atoms with van der Waals surface area (Å²) in [6.45, 7) is 0. The molecule has 9 heteroatoms. The minimum absolute atomic E-state index is 0.0897. The molecule has 0 radical (unpaired) electrons. The molecule has 1 aliphatic heterocycles. The van der Waals surface area contributed by atoms with Crippen LogP contribution in [-0.4, -0.2) is 57.1 Å². The third kappa shape index (κ3) is 3.00. The van der Waals surface area contributed by atoms with Crippen LogP contribution in [0.15, 0.2) is 51.7 Å². The quantitative estimate of drug-likeness (QED) is 0.463. The van der Waals surface area contributed by atoms with Crippen LogP contribution in [0.2, 0.25) is 0 Å². The lowest BCUT2D eigenvalue weighted by Gasteiger charge is -2.38. The standard InChI is InChI=1S/C19H16O9/c20-13-9-3-1-2-4-11(9)27-12-6-5-8(7-10(12)13)26-19-16(23)14(21)15(22)17(28-19)18(24)25/h1-7,14-17,19,21-23H,(H,24,25)/t14-,15+,16-,17-,19-/m1/s1. The van der Waals surface area contributed by atoms with Crippen molar-refractivity contribution in [1.82, 2.24) is 0 Å². The van der Waals surface area contributed by atoms with E-state index in [2.05, 4.69) is 0 Å². The van der Waals surface area contributed by atoms with Crippen molar-refractivity contribution in [1.29, 1.82) is 0 Å². The molecule has 3 aromatic rings. The maximum absolute atomic E-state index is 12.7. The average Bonchev–Trinajstić information content (AvgIpc) is 2.69. The average molecular weight is 388 g/mol. The highest BCUT2D eigenvalue weighted by Gasteiger charge is 2.48. The van der Waals surface area contributed by atoms with Crippen molar-refractivity contribution in [3.8, 4) is 5.75 Å². The molecule has 146 valence electrons. The molecule has 0 spiro atoms.